The SMILES string of the molecule is CCOc1cc(NC(=O)c2ccccc2)c(OCC)cc1NC(=O)COc1ccc(C)cc1OC. The monoisotopic (exact) mass is 478 g/mol. The number of hydrogen-bond donors (Lipinski definition) is 2. The minimum atomic E-state index is -0.392. The Kier molecular flexibility index (Phi) is 8.95. The van der Waals surface area contributed by atoms with Crippen molar-refractivity contribution in [1.82, 2.24) is 0 Å². The number of amides is 2. The molecular weight excluding hydrogens is 448 g/mol. The molecule has 184 valence electrons. The van der Waals surface area contributed by atoms with Gasteiger partial charge in [-0.25, -0.2) is 0 Å². The first-order valence-electron chi connectivity index (χ1n) is 11.3. The largest absolute Gasteiger partial charge is 0.493 e. The van der Waals surface area contributed by atoms with E-state index >= 15 is 0 Å². The lowest BCUT2D eigenvalue weighted by atomic mass is 10.2. The Morgan fingerprint density at radius 1 is 0.743 bits per heavy atom. The minimum Gasteiger partial charge on any atom is -0.493 e. The number of hydrogen-bond acceptors (Lipinski definition) is 6. The summed E-state index contributed by atoms with van der Waals surface area (Å²) in [6, 6.07) is 17.6. The predicted octanol–water partition coefficient (Wildman–Crippen LogP) is 5.07. The third-order valence-electron chi connectivity index (χ3n) is 4.92. The van der Waals surface area contributed by atoms with E-state index in [0.717, 1.165) is 5.56 Å². The fourth-order valence-corrected chi connectivity index (χ4v) is 3.31. The van der Waals surface area contributed by atoms with Gasteiger partial charge in [0.15, 0.2) is 18.1 Å². The van der Waals surface area contributed by atoms with Crippen molar-refractivity contribution in [3.05, 3.63) is 71.8 Å². The molecule has 3 rings (SSSR count). The lowest BCUT2D eigenvalue weighted by Crippen LogP contribution is -2.21. The molecule has 0 saturated carbocycles. The van der Waals surface area contributed by atoms with Gasteiger partial charge in [-0.15, -0.1) is 0 Å². The molecule has 0 aromatic heterocycles. The van der Waals surface area contributed by atoms with Crippen LogP contribution in [0.3, 0.4) is 0 Å². The van der Waals surface area contributed by atoms with Crippen molar-refractivity contribution in [3.63, 3.8) is 0 Å². The first-order chi connectivity index (χ1) is 16.9. The molecule has 0 aliphatic rings. The molecular formula is C27H30N2O6. The smallest absolute Gasteiger partial charge is 0.262 e. The van der Waals surface area contributed by atoms with E-state index < -0.39 is 5.91 Å². The molecule has 0 bridgehead atoms. The van der Waals surface area contributed by atoms with Crippen LogP contribution in [0, 0.1) is 6.92 Å². The number of rotatable bonds is 11. The standard InChI is InChI=1S/C27H30N2O6/c1-5-33-23-16-21(29-27(31)19-10-8-7-9-11-19)24(34-6-2)15-20(23)28-26(30)17-35-22-13-12-18(3)14-25(22)32-4/h7-16H,5-6,17H2,1-4H3,(H,28,30)(H,29,31). The predicted molar refractivity (Wildman–Crippen MR) is 135 cm³/mol. The Hall–Kier alpha value is -4.20. The molecule has 0 aliphatic carbocycles. The molecule has 0 spiro atoms. The van der Waals surface area contributed by atoms with Crippen LogP contribution in [0.4, 0.5) is 11.4 Å². The van der Waals surface area contributed by atoms with Gasteiger partial charge in [0.05, 0.1) is 31.7 Å². The number of methoxy groups -OCH3 is 1. The molecule has 0 fully saturated rings. The number of nitrogens with one attached hydrogen (secondary N) is 2. The van der Waals surface area contributed by atoms with Crippen molar-refractivity contribution in [2.24, 2.45) is 0 Å². The van der Waals surface area contributed by atoms with E-state index in [2.05, 4.69) is 10.6 Å². The molecule has 2 N–H and O–H groups in total. The van der Waals surface area contributed by atoms with Crippen molar-refractivity contribution in [2.75, 3.05) is 37.6 Å². The maximum absolute atomic E-state index is 12.7. The van der Waals surface area contributed by atoms with Crippen molar-refractivity contribution < 1.29 is 28.5 Å². The average Bonchev–Trinajstić information content (AvgIpc) is 2.86. The summed E-state index contributed by atoms with van der Waals surface area (Å²) in [7, 11) is 1.55. The van der Waals surface area contributed by atoms with Gasteiger partial charge in [0, 0.05) is 17.7 Å². The molecule has 0 atom stereocenters. The maximum atomic E-state index is 12.7. The highest BCUT2D eigenvalue weighted by Crippen LogP contribution is 2.37. The van der Waals surface area contributed by atoms with Crippen molar-refractivity contribution >= 4 is 23.2 Å². The van der Waals surface area contributed by atoms with Gasteiger partial charge in [-0.1, -0.05) is 24.3 Å². The van der Waals surface area contributed by atoms with Crippen molar-refractivity contribution in [1.29, 1.82) is 0 Å². The minimum absolute atomic E-state index is 0.235. The Morgan fingerprint density at radius 3 is 1.97 bits per heavy atom. The van der Waals surface area contributed by atoms with E-state index in [4.69, 9.17) is 18.9 Å². The first-order valence-corrected chi connectivity index (χ1v) is 11.3. The van der Waals surface area contributed by atoms with Crippen molar-refractivity contribution in [2.45, 2.75) is 20.8 Å². The van der Waals surface area contributed by atoms with E-state index in [1.54, 1.807) is 49.6 Å². The number of ether oxygens (including phenoxy) is 4. The lowest BCUT2D eigenvalue weighted by Gasteiger charge is -2.18. The highest BCUT2D eigenvalue weighted by Gasteiger charge is 2.17. The van der Waals surface area contributed by atoms with Crippen LogP contribution in [0.2, 0.25) is 0 Å². The second-order valence-corrected chi connectivity index (χ2v) is 7.52. The summed E-state index contributed by atoms with van der Waals surface area (Å²) < 4.78 is 22.4. The quantitative estimate of drug-likeness (QED) is 0.400. The zero-order chi connectivity index (χ0) is 25.2. The molecule has 0 aliphatic heterocycles. The Bertz CT molecular complexity index is 1160. The Morgan fingerprint density at radius 2 is 1.37 bits per heavy atom. The second kappa shape index (κ2) is 12.3. The van der Waals surface area contributed by atoms with E-state index in [-0.39, 0.29) is 12.5 Å². The van der Waals surface area contributed by atoms with Crippen LogP contribution in [0.1, 0.15) is 29.8 Å². The highest BCUT2D eigenvalue weighted by molar-refractivity contribution is 6.05. The van der Waals surface area contributed by atoms with Gasteiger partial charge in [0.25, 0.3) is 11.8 Å². The van der Waals surface area contributed by atoms with Crippen LogP contribution in [0.15, 0.2) is 60.7 Å². The molecule has 35 heavy (non-hydrogen) atoms. The van der Waals surface area contributed by atoms with Crippen molar-refractivity contribution in [3.8, 4) is 23.0 Å². The molecule has 0 unspecified atom stereocenters. The zero-order valence-corrected chi connectivity index (χ0v) is 20.3. The molecule has 0 radical (unpaired) electrons. The van der Waals surface area contributed by atoms with Crippen LogP contribution in [0.5, 0.6) is 23.0 Å². The fraction of sp³-hybridized carbons (Fsp3) is 0.259. The fourth-order valence-electron chi connectivity index (χ4n) is 3.31. The third-order valence-corrected chi connectivity index (χ3v) is 4.92. The van der Waals surface area contributed by atoms with Gasteiger partial charge in [0.2, 0.25) is 0 Å². The number of aryl methyl sites for hydroxylation is 1. The van der Waals surface area contributed by atoms with Crippen LogP contribution in [0.25, 0.3) is 0 Å². The second-order valence-electron chi connectivity index (χ2n) is 7.52. The Balaban J connectivity index is 1.79. The summed E-state index contributed by atoms with van der Waals surface area (Å²) >= 11 is 0. The summed E-state index contributed by atoms with van der Waals surface area (Å²) in [5.41, 5.74) is 2.36. The van der Waals surface area contributed by atoms with Crippen LogP contribution in [-0.4, -0.2) is 38.7 Å². The third kappa shape index (κ3) is 6.89. The normalized spacial score (nSPS) is 10.3. The summed E-state index contributed by atoms with van der Waals surface area (Å²) in [4.78, 5) is 25.4. The topological polar surface area (TPSA) is 95.1 Å². The zero-order valence-electron chi connectivity index (χ0n) is 20.3. The molecule has 3 aromatic carbocycles. The number of carbonyl (C=O) groups excluding carboxylic acids is 2. The number of carbonyl (C=O) groups is 2. The lowest BCUT2D eigenvalue weighted by molar-refractivity contribution is -0.118. The van der Waals surface area contributed by atoms with Gasteiger partial charge in [-0.2, -0.15) is 0 Å². The van der Waals surface area contributed by atoms with Crippen LogP contribution in [-0.2, 0) is 4.79 Å². The molecule has 8 nitrogen and oxygen atoms in total. The van der Waals surface area contributed by atoms with Gasteiger partial charge in [-0.05, 0) is 50.6 Å². The van der Waals surface area contributed by atoms with Crippen LogP contribution >= 0.6 is 0 Å². The van der Waals surface area contributed by atoms with E-state index in [9.17, 15) is 9.59 Å². The average molecular weight is 479 g/mol. The van der Waals surface area contributed by atoms with E-state index in [0.29, 0.717) is 53.2 Å². The van der Waals surface area contributed by atoms with E-state index in [1.165, 1.54) is 0 Å². The summed E-state index contributed by atoms with van der Waals surface area (Å²) in [6.45, 7) is 6.10. The molecule has 2 amide bonds. The van der Waals surface area contributed by atoms with Gasteiger partial charge in [-0.3, -0.25) is 9.59 Å². The first kappa shape index (κ1) is 25.4. The molecule has 8 heteroatoms. The van der Waals surface area contributed by atoms with Gasteiger partial charge >= 0.3 is 0 Å². The highest BCUT2D eigenvalue weighted by atomic mass is 16.5. The summed E-state index contributed by atoms with van der Waals surface area (Å²) in [5, 5.41) is 5.66. The van der Waals surface area contributed by atoms with E-state index in [1.807, 2.05) is 39.0 Å². The van der Waals surface area contributed by atoms with Gasteiger partial charge in [0.1, 0.15) is 11.5 Å². The van der Waals surface area contributed by atoms with Crippen LogP contribution < -0.4 is 29.6 Å². The number of anilines is 2. The molecule has 0 saturated heterocycles. The molecule has 3 aromatic rings. The number of benzene rings is 3. The summed E-state index contributed by atoms with van der Waals surface area (Å²) in [6.07, 6.45) is 0. The molecule has 0 heterocycles. The summed E-state index contributed by atoms with van der Waals surface area (Å²) in [5.74, 6) is 1.12. The maximum Gasteiger partial charge on any atom is 0.262 e. The van der Waals surface area contributed by atoms with Gasteiger partial charge < -0.3 is 29.6 Å². The Labute approximate surface area is 205 Å².